The van der Waals surface area contributed by atoms with Gasteiger partial charge in [0.2, 0.25) is 0 Å². The molecule has 1 N–H and O–H groups in total. The second-order valence-corrected chi connectivity index (χ2v) is 7.40. The molecule has 0 unspecified atom stereocenters. The zero-order chi connectivity index (χ0) is 17.6. The first kappa shape index (κ1) is 18.5. The highest BCUT2D eigenvalue weighted by Gasteiger charge is 2.30. The van der Waals surface area contributed by atoms with Crippen LogP contribution in [0.4, 0.5) is 4.79 Å². The van der Waals surface area contributed by atoms with E-state index in [1.54, 1.807) is 4.90 Å². The number of carbonyl (C=O) groups excluding carboxylic acids is 1. The first-order valence-corrected chi connectivity index (χ1v) is 8.72. The number of benzene rings is 1. The first-order valence-electron chi connectivity index (χ1n) is 8.72. The quantitative estimate of drug-likeness (QED) is 0.835. The van der Waals surface area contributed by atoms with E-state index in [1.807, 2.05) is 45.0 Å². The molecule has 1 fully saturated rings. The third kappa shape index (κ3) is 5.68. The van der Waals surface area contributed by atoms with Crippen molar-refractivity contribution in [3.05, 3.63) is 48.0 Å². The summed E-state index contributed by atoms with van der Waals surface area (Å²) in [6, 6.07) is 10.2. The van der Waals surface area contributed by atoms with Crippen LogP contribution in [0, 0.1) is 5.92 Å². The summed E-state index contributed by atoms with van der Waals surface area (Å²) in [5, 5.41) is 9.63. The molecule has 0 saturated carbocycles. The molecular weight excluding hydrogens is 302 g/mol. The predicted octanol–water partition coefficient (Wildman–Crippen LogP) is 3.79. The fraction of sp³-hybridized carbons (Fsp3) is 0.550. The Bertz CT molecular complexity index is 548. The highest BCUT2D eigenvalue weighted by atomic mass is 16.6. The van der Waals surface area contributed by atoms with Gasteiger partial charge in [-0.15, -0.1) is 0 Å². The number of nitrogens with zero attached hydrogens (tertiary/aromatic N) is 1. The zero-order valence-corrected chi connectivity index (χ0v) is 14.9. The van der Waals surface area contributed by atoms with Crippen molar-refractivity contribution in [1.29, 1.82) is 0 Å². The summed E-state index contributed by atoms with van der Waals surface area (Å²) in [6.45, 7) is 6.48. The summed E-state index contributed by atoms with van der Waals surface area (Å²) >= 11 is 0. The molecule has 1 heterocycles. The van der Waals surface area contributed by atoms with E-state index >= 15 is 0 Å². The second-order valence-electron chi connectivity index (χ2n) is 7.40. The first-order chi connectivity index (χ1) is 11.4. The topological polar surface area (TPSA) is 49.8 Å². The molecule has 0 bridgehead atoms. The van der Waals surface area contributed by atoms with E-state index in [9.17, 15) is 9.90 Å². The van der Waals surface area contributed by atoms with E-state index < -0.39 is 5.60 Å². The van der Waals surface area contributed by atoms with Gasteiger partial charge in [-0.3, -0.25) is 0 Å². The molecule has 4 heteroatoms. The van der Waals surface area contributed by atoms with Crippen LogP contribution in [0.25, 0.3) is 0 Å². The lowest BCUT2D eigenvalue weighted by Gasteiger charge is -2.27. The van der Waals surface area contributed by atoms with Crippen LogP contribution in [0.5, 0.6) is 0 Å². The molecule has 2 rings (SSSR count). The van der Waals surface area contributed by atoms with E-state index in [0.29, 0.717) is 0 Å². The Hall–Kier alpha value is -1.81. The van der Waals surface area contributed by atoms with Gasteiger partial charge in [0.1, 0.15) is 5.60 Å². The van der Waals surface area contributed by atoms with Gasteiger partial charge in [-0.2, -0.15) is 0 Å². The minimum absolute atomic E-state index is 0.0599. The van der Waals surface area contributed by atoms with E-state index in [-0.39, 0.29) is 24.7 Å². The number of rotatable bonds is 5. The van der Waals surface area contributed by atoms with Gasteiger partial charge in [0.15, 0.2) is 0 Å². The standard InChI is InChI=1S/C20H29NO3/c1-20(2,3)24-19(23)21-13-7-10-18(21)12-11-17(15-22)14-16-8-5-4-6-9-16/h4-6,8-9,11-12,17-18,22H,7,10,13-15H2,1-3H3/b12-11-/t17-,18+/m1/s1. The molecule has 2 atom stereocenters. The lowest BCUT2D eigenvalue weighted by Crippen LogP contribution is -2.39. The Balaban J connectivity index is 1.96. The minimum Gasteiger partial charge on any atom is -0.444 e. The van der Waals surface area contributed by atoms with Gasteiger partial charge in [0.05, 0.1) is 6.04 Å². The summed E-state index contributed by atoms with van der Waals surface area (Å²) in [4.78, 5) is 14.1. The maximum atomic E-state index is 12.3. The molecule has 0 radical (unpaired) electrons. The van der Waals surface area contributed by atoms with Gasteiger partial charge < -0.3 is 14.7 Å². The molecule has 4 nitrogen and oxygen atoms in total. The van der Waals surface area contributed by atoms with Gasteiger partial charge in [0, 0.05) is 19.1 Å². The minimum atomic E-state index is -0.477. The predicted molar refractivity (Wildman–Crippen MR) is 95.8 cm³/mol. The van der Waals surface area contributed by atoms with Crippen LogP contribution in [0.15, 0.2) is 42.5 Å². The van der Waals surface area contributed by atoms with Gasteiger partial charge >= 0.3 is 6.09 Å². The van der Waals surface area contributed by atoms with Gasteiger partial charge in [0.25, 0.3) is 0 Å². The Labute approximate surface area is 145 Å². The summed E-state index contributed by atoms with van der Waals surface area (Å²) in [5.74, 6) is 0.0634. The van der Waals surface area contributed by atoms with Crippen molar-refractivity contribution < 1.29 is 14.6 Å². The van der Waals surface area contributed by atoms with Crippen molar-refractivity contribution in [3.8, 4) is 0 Å². The third-order valence-corrected chi connectivity index (χ3v) is 4.11. The number of carbonyl (C=O) groups is 1. The van der Waals surface area contributed by atoms with Crippen LogP contribution < -0.4 is 0 Å². The van der Waals surface area contributed by atoms with Gasteiger partial charge in [-0.1, -0.05) is 42.5 Å². The number of aliphatic hydroxyl groups is 1. The second kappa shape index (κ2) is 8.34. The van der Waals surface area contributed by atoms with E-state index in [0.717, 1.165) is 25.8 Å². The van der Waals surface area contributed by atoms with Gasteiger partial charge in [-0.05, 0) is 45.6 Å². The fourth-order valence-electron chi connectivity index (χ4n) is 2.94. The third-order valence-electron chi connectivity index (χ3n) is 4.11. The number of ether oxygens (including phenoxy) is 1. The normalized spacial score (nSPS) is 19.7. The van der Waals surface area contributed by atoms with Crippen LogP contribution in [-0.2, 0) is 11.2 Å². The van der Waals surface area contributed by atoms with Crippen molar-refractivity contribution in [2.75, 3.05) is 13.2 Å². The van der Waals surface area contributed by atoms with Gasteiger partial charge in [-0.25, -0.2) is 4.79 Å². The van der Waals surface area contributed by atoms with E-state index in [4.69, 9.17) is 4.74 Å². The Morgan fingerprint density at radius 2 is 2.08 bits per heavy atom. The molecule has 1 aliphatic heterocycles. The van der Waals surface area contributed by atoms with Crippen molar-refractivity contribution >= 4 is 6.09 Å². The molecule has 1 aromatic rings. The van der Waals surface area contributed by atoms with E-state index in [1.165, 1.54) is 5.56 Å². The van der Waals surface area contributed by atoms with Crippen LogP contribution in [0.1, 0.15) is 39.2 Å². The highest BCUT2D eigenvalue weighted by Crippen LogP contribution is 2.22. The molecule has 0 aliphatic carbocycles. The molecule has 1 aromatic carbocycles. The Morgan fingerprint density at radius 3 is 2.71 bits per heavy atom. The number of likely N-dealkylation sites (tertiary alicyclic amines) is 1. The maximum Gasteiger partial charge on any atom is 0.410 e. The summed E-state index contributed by atoms with van der Waals surface area (Å²) in [7, 11) is 0. The Morgan fingerprint density at radius 1 is 1.38 bits per heavy atom. The largest absolute Gasteiger partial charge is 0.444 e. The molecule has 0 aromatic heterocycles. The number of hydrogen-bond acceptors (Lipinski definition) is 3. The number of aliphatic hydroxyl groups excluding tert-OH is 1. The molecule has 1 saturated heterocycles. The lowest BCUT2D eigenvalue weighted by molar-refractivity contribution is 0.0255. The van der Waals surface area contributed by atoms with Crippen LogP contribution >= 0.6 is 0 Å². The van der Waals surface area contributed by atoms with Crippen LogP contribution in [0.2, 0.25) is 0 Å². The molecular formula is C20H29NO3. The maximum absolute atomic E-state index is 12.3. The van der Waals surface area contributed by atoms with Crippen LogP contribution in [-0.4, -0.2) is 40.9 Å². The highest BCUT2D eigenvalue weighted by molar-refractivity contribution is 5.69. The summed E-state index contributed by atoms with van der Waals surface area (Å²) in [5.41, 5.74) is 0.728. The van der Waals surface area contributed by atoms with Crippen molar-refractivity contribution in [2.45, 2.75) is 51.7 Å². The lowest BCUT2D eigenvalue weighted by atomic mass is 9.98. The van der Waals surface area contributed by atoms with Crippen molar-refractivity contribution in [3.63, 3.8) is 0 Å². The summed E-state index contributed by atoms with van der Waals surface area (Å²) < 4.78 is 5.48. The Kier molecular flexibility index (Phi) is 6.44. The fourth-order valence-corrected chi connectivity index (χ4v) is 2.94. The summed E-state index contributed by atoms with van der Waals surface area (Å²) in [6.07, 6.45) is 6.57. The zero-order valence-electron chi connectivity index (χ0n) is 14.9. The molecule has 0 spiro atoms. The SMILES string of the molecule is CC(C)(C)OC(=O)N1CCC[C@H]1/C=C\[C@@H](CO)Cc1ccccc1. The molecule has 1 amide bonds. The number of amides is 1. The van der Waals surface area contributed by atoms with Crippen molar-refractivity contribution in [2.24, 2.45) is 5.92 Å². The molecule has 132 valence electrons. The average Bonchev–Trinajstić information content (AvgIpc) is 2.99. The smallest absolute Gasteiger partial charge is 0.410 e. The number of hydrogen-bond donors (Lipinski definition) is 1. The average molecular weight is 331 g/mol. The van der Waals surface area contributed by atoms with Crippen LogP contribution in [0.3, 0.4) is 0 Å². The van der Waals surface area contributed by atoms with Crippen molar-refractivity contribution in [1.82, 2.24) is 4.90 Å². The molecule has 24 heavy (non-hydrogen) atoms. The monoisotopic (exact) mass is 331 g/mol. The molecule has 1 aliphatic rings. The van der Waals surface area contributed by atoms with E-state index in [2.05, 4.69) is 18.2 Å².